The van der Waals surface area contributed by atoms with Crippen LogP contribution in [0.2, 0.25) is 0 Å². The second-order valence-corrected chi connectivity index (χ2v) is 5.51. The summed E-state index contributed by atoms with van der Waals surface area (Å²) in [7, 11) is 0. The van der Waals surface area contributed by atoms with Crippen molar-refractivity contribution < 1.29 is 9.53 Å². The van der Waals surface area contributed by atoms with Crippen LogP contribution in [0.1, 0.15) is 24.8 Å². The number of hydrogen-bond acceptors (Lipinski definition) is 5. The number of carbonyl (C=O) groups excluding carboxylic acids is 1. The summed E-state index contributed by atoms with van der Waals surface area (Å²) >= 11 is 1.85. The molecule has 3 rings (SSSR count). The molecule has 1 unspecified atom stereocenters. The molecule has 18 heavy (non-hydrogen) atoms. The van der Waals surface area contributed by atoms with E-state index in [0.717, 1.165) is 31.1 Å². The summed E-state index contributed by atoms with van der Waals surface area (Å²) in [6, 6.07) is 1.79. The Morgan fingerprint density at radius 3 is 3.17 bits per heavy atom. The zero-order chi connectivity index (χ0) is 12.4. The van der Waals surface area contributed by atoms with Gasteiger partial charge in [-0.15, -0.1) is 0 Å². The molecule has 0 spiro atoms. The van der Waals surface area contributed by atoms with E-state index in [2.05, 4.69) is 9.97 Å². The predicted molar refractivity (Wildman–Crippen MR) is 69.6 cm³/mol. The fourth-order valence-corrected chi connectivity index (χ4v) is 3.04. The van der Waals surface area contributed by atoms with Crippen molar-refractivity contribution in [2.75, 3.05) is 29.6 Å². The van der Waals surface area contributed by atoms with Crippen LogP contribution in [0.5, 0.6) is 0 Å². The fraction of sp³-hybridized carbons (Fsp3) is 0.583. The molecule has 0 aliphatic carbocycles. The lowest BCUT2D eigenvalue weighted by atomic mass is 10.3. The van der Waals surface area contributed by atoms with Crippen LogP contribution in [0.15, 0.2) is 12.3 Å². The van der Waals surface area contributed by atoms with Gasteiger partial charge in [0.25, 0.3) is 0 Å². The van der Waals surface area contributed by atoms with E-state index in [4.69, 9.17) is 4.74 Å². The topological polar surface area (TPSA) is 55.3 Å². The first kappa shape index (κ1) is 11.9. The first-order chi connectivity index (χ1) is 8.84. The first-order valence-corrected chi connectivity index (χ1v) is 7.33. The van der Waals surface area contributed by atoms with Gasteiger partial charge in [-0.2, -0.15) is 11.8 Å². The van der Waals surface area contributed by atoms with E-state index in [-0.39, 0.29) is 12.0 Å². The van der Waals surface area contributed by atoms with Crippen LogP contribution in [0.3, 0.4) is 0 Å². The SMILES string of the molecule is O=C1CCCN1c1ccnc(C2CSCCO2)n1. The maximum atomic E-state index is 11.7. The Hall–Kier alpha value is -1.14. The lowest BCUT2D eigenvalue weighted by Crippen LogP contribution is -2.26. The number of nitrogens with zero attached hydrogens (tertiary/aromatic N) is 3. The van der Waals surface area contributed by atoms with Crippen LogP contribution in [-0.4, -0.2) is 40.5 Å². The van der Waals surface area contributed by atoms with Crippen LogP contribution >= 0.6 is 11.8 Å². The van der Waals surface area contributed by atoms with Gasteiger partial charge in [0.1, 0.15) is 11.9 Å². The summed E-state index contributed by atoms with van der Waals surface area (Å²) in [6.07, 6.45) is 3.20. The van der Waals surface area contributed by atoms with Gasteiger partial charge < -0.3 is 4.74 Å². The lowest BCUT2D eigenvalue weighted by Gasteiger charge is -2.22. The van der Waals surface area contributed by atoms with Gasteiger partial charge in [0.15, 0.2) is 5.82 Å². The summed E-state index contributed by atoms with van der Waals surface area (Å²) in [5.41, 5.74) is 0. The fourth-order valence-electron chi connectivity index (χ4n) is 2.20. The average Bonchev–Trinajstić information content (AvgIpc) is 2.86. The van der Waals surface area contributed by atoms with Crippen molar-refractivity contribution in [3.63, 3.8) is 0 Å². The highest BCUT2D eigenvalue weighted by atomic mass is 32.2. The normalized spacial score (nSPS) is 24.6. The Morgan fingerprint density at radius 2 is 2.44 bits per heavy atom. The Balaban J connectivity index is 1.82. The number of anilines is 1. The standard InChI is InChI=1S/C12H15N3O2S/c16-11-2-1-5-15(11)10-3-4-13-12(14-10)9-8-18-7-6-17-9/h3-4,9H,1-2,5-8H2. The minimum Gasteiger partial charge on any atom is -0.368 e. The summed E-state index contributed by atoms with van der Waals surface area (Å²) in [5, 5.41) is 0. The van der Waals surface area contributed by atoms with Gasteiger partial charge in [0.2, 0.25) is 5.91 Å². The van der Waals surface area contributed by atoms with Gasteiger partial charge >= 0.3 is 0 Å². The quantitative estimate of drug-likeness (QED) is 0.809. The maximum absolute atomic E-state index is 11.7. The molecule has 6 heteroatoms. The van der Waals surface area contributed by atoms with Crippen LogP contribution in [0, 0.1) is 0 Å². The summed E-state index contributed by atoms with van der Waals surface area (Å²) in [6.45, 7) is 1.50. The molecule has 0 aromatic carbocycles. The van der Waals surface area contributed by atoms with Gasteiger partial charge in [-0.25, -0.2) is 9.97 Å². The van der Waals surface area contributed by atoms with Gasteiger partial charge in [-0.05, 0) is 12.5 Å². The van der Waals surface area contributed by atoms with Crippen LogP contribution in [0.4, 0.5) is 5.82 Å². The molecule has 2 aliphatic rings. The van der Waals surface area contributed by atoms with E-state index < -0.39 is 0 Å². The summed E-state index contributed by atoms with van der Waals surface area (Å²) in [5.74, 6) is 3.47. The third-order valence-electron chi connectivity index (χ3n) is 3.11. The molecule has 96 valence electrons. The number of thioether (sulfide) groups is 1. The molecular formula is C12H15N3O2S. The van der Waals surface area contributed by atoms with Crippen LogP contribution in [-0.2, 0) is 9.53 Å². The zero-order valence-electron chi connectivity index (χ0n) is 10.0. The summed E-state index contributed by atoms with van der Waals surface area (Å²) < 4.78 is 5.66. The monoisotopic (exact) mass is 265 g/mol. The highest BCUT2D eigenvalue weighted by Crippen LogP contribution is 2.26. The van der Waals surface area contributed by atoms with Crippen molar-refractivity contribution in [1.29, 1.82) is 0 Å². The molecule has 1 amide bonds. The Morgan fingerprint density at radius 1 is 1.50 bits per heavy atom. The molecule has 2 aliphatic heterocycles. The first-order valence-electron chi connectivity index (χ1n) is 6.17. The van der Waals surface area contributed by atoms with Crippen molar-refractivity contribution >= 4 is 23.5 Å². The molecule has 0 N–H and O–H groups in total. The van der Waals surface area contributed by atoms with E-state index in [1.165, 1.54) is 0 Å². The van der Waals surface area contributed by atoms with Gasteiger partial charge in [-0.1, -0.05) is 0 Å². The minimum atomic E-state index is -0.0404. The summed E-state index contributed by atoms with van der Waals surface area (Å²) in [4.78, 5) is 22.2. The Bertz CT molecular complexity index is 449. The second-order valence-electron chi connectivity index (χ2n) is 4.36. The number of ether oxygens (including phenoxy) is 1. The van der Waals surface area contributed by atoms with Gasteiger partial charge in [0, 0.05) is 30.7 Å². The molecule has 1 aromatic heterocycles. The number of carbonyl (C=O) groups is 1. The van der Waals surface area contributed by atoms with E-state index in [9.17, 15) is 4.79 Å². The van der Waals surface area contributed by atoms with E-state index in [1.54, 1.807) is 17.2 Å². The molecule has 0 bridgehead atoms. The second kappa shape index (κ2) is 5.24. The molecule has 0 saturated carbocycles. The molecule has 0 radical (unpaired) electrons. The van der Waals surface area contributed by atoms with E-state index in [0.29, 0.717) is 18.1 Å². The van der Waals surface area contributed by atoms with Gasteiger partial charge in [0.05, 0.1) is 6.61 Å². The van der Waals surface area contributed by atoms with Crippen molar-refractivity contribution in [3.8, 4) is 0 Å². The lowest BCUT2D eigenvalue weighted by molar-refractivity contribution is -0.117. The number of rotatable bonds is 2. The minimum absolute atomic E-state index is 0.0404. The molecule has 1 atom stereocenters. The van der Waals surface area contributed by atoms with Crippen LogP contribution in [0.25, 0.3) is 0 Å². The highest BCUT2D eigenvalue weighted by molar-refractivity contribution is 7.99. The van der Waals surface area contributed by atoms with E-state index >= 15 is 0 Å². The smallest absolute Gasteiger partial charge is 0.228 e. The molecule has 5 nitrogen and oxygen atoms in total. The van der Waals surface area contributed by atoms with Crippen molar-refractivity contribution in [2.45, 2.75) is 18.9 Å². The number of aromatic nitrogens is 2. The molecule has 3 heterocycles. The Kier molecular flexibility index (Phi) is 3.47. The predicted octanol–water partition coefficient (Wildman–Crippen LogP) is 1.41. The molecule has 2 fully saturated rings. The van der Waals surface area contributed by atoms with Crippen molar-refractivity contribution in [3.05, 3.63) is 18.1 Å². The van der Waals surface area contributed by atoms with Crippen molar-refractivity contribution in [2.24, 2.45) is 0 Å². The van der Waals surface area contributed by atoms with E-state index in [1.807, 2.05) is 11.8 Å². The number of hydrogen-bond donors (Lipinski definition) is 0. The zero-order valence-corrected chi connectivity index (χ0v) is 10.9. The third-order valence-corrected chi connectivity index (χ3v) is 4.11. The van der Waals surface area contributed by atoms with Gasteiger partial charge in [-0.3, -0.25) is 9.69 Å². The van der Waals surface area contributed by atoms with Crippen molar-refractivity contribution in [1.82, 2.24) is 9.97 Å². The Labute approximate surface area is 110 Å². The molecular weight excluding hydrogens is 250 g/mol. The largest absolute Gasteiger partial charge is 0.368 e. The number of amides is 1. The molecule has 1 aromatic rings. The molecule has 2 saturated heterocycles. The average molecular weight is 265 g/mol. The third kappa shape index (κ3) is 2.35. The highest BCUT2D eigenvalue weighted by Gasteiger charge is 2.25. The van der Waals surface area contributed by atoms with Crippen LogP contribution < -0.4 is 4.90 Å². The maximum Gasteiger partial charge on any atom is 0.228 e.